The van der Waals surface area contributed by atoms with Gasteiger partial charge in [0.05, 0.1) is 6.04 Å². The molecular formula is C16H18N2O. The molecule has 1 aromatic heterocycles. The highest BCUT2D eigenvalue weighted by Crippen LogP contribution is 2.23. The van der Waals surface area contributed by atoms with Crippen LogP contribution in [0.4, 0.5) is 0 Å². The van der Waals surface area contributed by atoms with Gasteiger partial charge in [-0.15, -0.1) is 0 Å². The van der Waals surface area contributed by atoms with Gasteiger partial charge in [0.1, 0.15) is 0 Å². The number of carbonyl (C=O) groups excluding carboxylic acids is 1. The number of nitrogens with zero attached hydrogens (tertiary/aromatic N) is 2. The highest BCUT2D eigenvalue weighted by Gasteiger charge is 2.25. The molecule has 0 aliphatic carbocycles. The number of hydrogen-bond acceptors (Lipinski definition) is 1. The minimum atomic E-state index is 0.133. The average Bonchev–Trinajstić information content (AvgIpc) is 3.05. The maximum absolute atomic E-state index is 12.7. The molecule has 0 bridgehead atoms. The maximum Gasteiger partial charge on any atom is 0.255 e. The van der Waals surface area contributed by atoms with Crippen LogP contribution in [-0.4, -0.2) is 28.0 Å². The molecule has 3 heteroatoms. The van der Waals surface area contributed by atoms with Gasteiger partial charge in [-0.2, -0.15) is 0 Å². The van der Waals surface area contributed by atoms with E-state index >= 15 is 0 Å². The van der Waals surface area contributed by atoms with Crippen LogP contribution in [-0.2, 0) is 7.05 Å². The van der Waals surface area contributed by atoms with Crippen LogP contribution >= 0.6 is 0 Å². The molecule has 1 amide bonds. The Bertz CT molecular complexity index is 654. The monoisotopic (exact) mass is 254 g/mol. The lowest BCUT2D eigenvalue weighted by atomic mass is 10.1. The third-order valence-corrected chi connectivity index (χ3v) is 3.90. The van der Waals surface area contributed by atoms with E-state index in [1.165, 1.54) is 0 Å². The lowest BCUT2D eigenvalue weighted by molar-refractivity contribution is 0.0749. The van der Waals surface area contributed by atoms with Gasteiger partial charge < -0.3 is 9.47 Å². The molecule has 0 saturated carbocycles. The van der Waals surface area contributed by atoms with Crippen LogP contribution in [0.25, 0.3) is 10.9 Å². The Labute approximate surface area is 113 Å². The Morgan fingerprint density at radius 3 is 3.00 bits per heavy atom. The number of rotatable bonds is 2. The molecule has 1 aliphatic heterocycles. The van der Waals surface area contributed by atoms with Crippen molar-refractivity contribution in [3.05, 3.63) is 48.2 Å². The summed E-state index contributed by atoms with van der Waals surface area (Å²) >= 11 is 0. The highest BCUT2D eigenvalue weighted by molar-refractivity contribution is 6.06. The number of aromatic nitrogens is 1. The Balaban J connectivity index is 2.02. The summed E-state index contributed by atoms with van der Waals surface area (Å²) in [5, 5.41) is 1.04. The van der Waals surface area contributed by atoms with Crippen molar-refractivity contribution in [1.82, 2.24) is 9.47 Å². The quantitative estimate of drug-likeness (QED) is 0.756. The van der Waals surface area contributed by atoms with Gasteiger partial charge in [0.25, 0.3) is 5.91 Å². The van der Waals surface area contributed by atoms with Crippen molar-refractivity contribution in [2.75, 3.05) is 6.54 Å². The smallest absolute Gasteiger partial charge is 0.255 e. The zero-order chi connectivity index (χ0) is 13.4. The average molecular weight is 254 g/mol. The van der Waals surface area contributed by atoms with Crippen molar-refractivity contribution in [3.8, 4) is 0 Å². The predicted octanol–water partition coefficient (Wildman–Crippen LogP) is 2.97. The second kappa shape index (κ2) is 4.57. The van der Waals surface area contributed by atoms with E-state index < -0.39 is 0 Å². The SMILES string of the molecule is CCC1C=CCN1C(=O)c1cccc2c1ccn2C. The zero-order valence-corrected chi connectivity index (χ0v) is 11.3. The second-order valence-electron chi connectivity index (χ2n) is 5.03. The van der Waals surface area contributed by atoms with E-state index in [-0.39, 0.29) is 11.9 Å². The first-order chi connectivity index (χ1) is 9.22. The van der Waals surface area contributed by atoms with E-state index in [9.17, 15) is 4.79 Å². The molecule has 0 radical (unpaired) electrons. The first-order valence-electron chi connectivity index (χ1n) is 6.74. The second-order valence-corrected chi connectivity index (χ2v) is 5.03. The van der Waals surface area contributed by atoms with Crippen LogP contribution in [0, 0.1) is 0 Å². The summed E-state index contributed by atoms with van der Waals surface area (Å²) in [7, 11) is 2.00. The van der Waals surface area contributed by atoms with E-state index in [4.69, 9.17) is 0 Å². The van der Waals surface area contributed by atoms with E-state index in [0.29, 0.717) is 0 Å². The van der Waals surface area contributed by atoms with Crippen molar-refractivity contribution in [2.45, 2.75) is 19.4 Å². The zero-order valence-electron chi connectivity index (χ0n) is 11.3. The number of benzene rings is 1. The summed E-state index contributed by atoms with van der Waals surface area (Å²) in [6.45, 7) is 2.84. The molecule has 0 saturated heterocycles. The summed E-state index contributed by atoms with van der Waals surface area (Å²) in [6, 6.07) is 8.19. The molecule has 3 nitrogen and oxygen atoms in total. The largest absolute Gasteiger partial charge is 0.351 e. The molecule has 2 heterocycles. The third kappa shape index (κ3) is 1.86. The van der Waals surface area contributed by atoms with Crippen molar-refractivity contribution >= 4 is 16.8 Å². The van der Waals surface area contributed by atoms with E-state index in [0.717, 1.165) is 29.4 Å². The standard InChI is InChI=1S/C16H18N2O/c1-3-12-6-5-10-18(12)16(19)14-7-4-8-15-13(14)9-11-17(15)2/h4-9,11-12H,3,10H2,1-2H3. The van der Waals surface area contributed by atoms with E-state index in [1.807, 2.05) is 47.0 Å². The number of carbonyl (C=O) groups is 1. The van der Waals surface area contributed by atoms with Crippen LogP contribution < -0.4 is 0 Å². The van der Waals surface area contributed by atoms with Crippen LogP contribution in [0.5, 0.6) is 0 Å². The highest BCUT2D eigenvalue weighted by atomic mass is 16.2. The first-order valence-corrected chi connectivity index (χ1v) is 6.74. The third-order valence-electron chi connectivity index (χ3n) is 3.90. The fourth-order valence-corrected chi connectivity index (χ4v) is 2.80. The maximum atomic E-state index is 12.7. The summed E-state index contributed by atoms with van der Waals surface area (Å²) in [5.74, 6) is 0.133. The van der Waals surface area contributed by atoms with Crippen molar-refractivity contribution in [1.29, 1.82) is 0 Å². The van der Waals surface area contributed by atoms with Crippen LogP contribution in [0.1, 0.15) is 23.7 Å². The molecule has 1 aromatic carbocycles. The van der Waals surface area contributed by atoms with Gasteiger partial charge in [-0.05, 0) is 24.6 Å². The van der Waals surface area contributed by atoms with Crippen LogP contribution in [0.15, 0.2) is 42.6 Å². The van der Waals surface area contributed by atoms with Gasteiger partial charge in [-0.25, -0.2) is 0 Å². The van der Waals surface area contributed by atoms with Gasteiger partial charge >= 0.3 is 0 Å². The fraction of sp³-hybridized carbons (Fsp3) is 0.312. The Kier molecular flexibility index (Phi) is 2.90. The minimum Gasteiger partial charge on any atom is -0.351 e. The Morgan fingerprint density at radius 1 is 1.37 bits per heavy atom. The van der Waals surface area contributed by atoms with Gasteiger partial charge in [-0.3, -0.25) is 4.79 Å². The van der Waals surface area contributed by atoms with Crippen LogP contribution in [0.2, 0.25) is 0 Å². The molecule has 0 fully saturated rings. The fourth-order valence-electron chi connectivity index (χ4n) is 2.80. The lowest BCUT2D eigenvalue weighted by Gasteiger charge is -2.24. The topological polar surface area (TPSA) is 25.2 Å². The number of amides is 1. The summed E-state index contributed by atoms with van der Waals surface area (Å²) in [5.41, 5.74) is 1.91. The van der Waals surface area contributed by atoms with E-state index in [1.54, 1.807) is 0 Å². The molecule has 98 valence electrons. The summed E-state index contributed by atoms with van der Waals surface area (Å²) in [6.07, 6.45) is 7.17. The predicted molar refractivity (Wildman–Crippen MR) is 77.2 cm³/mol. The molecule has 1 aliphatic rings. The molecule has 1 unspecified atom stereocenters. The summed E-state index contributed by atoms with van der Waals surface area (Å²) < 4.78 is 2.05. The molecule has 0 spiro atoms. The number of hydrogen-bond donors (Lipinski definition) is 0. The van der Waals surface area contributed by atoms with Gasteiger partial charge in [0.15, 0.2) is 0 Å². The minimum absolute atomic E-state index is 0.133. The van der Waals surface area contributed by atoms with Crippen molar-refractivity contribution in [2.24, 2.45) is 7.05 Å². The lowest BCUT2D eigenvalue weighted by Crippen LogP contribution is -2.35. The number of fused-ring (bicyclic) bond motifs is 1. The molecule has 1 atom stereocenters. The molecule has 3 rings (SSSR count). The van der Waals surface area contributed by atoms with Crippen molar-refractivity contribution < 1.29 is 4.79 Å². The van der Waals surface area contributed by atoms with Gasteiger partial charge in [0, 0.05) is 36.3 Å². The normalized spacial score (nSPS) is 18.4. The van der Waals surface area contributed by atoms with Crippen molar-refractivity contribution in [3.63, 3.8) is 0 Å². The molecule has 0 N–H and O–H groups in total. The Morgan fingerprint density at radius 2 is 2.21 bits per heavy atom. The molecular weight excluding hydrogens is 236 g/mol. The van der Waals surface area contributed by atoms with E-state index in [2.05, 4.69) is 19.1 Å². The Hall–Kier alpha value is -2.03. The van der Waals surface area contributed by atoms with Gasteiger partial charge in [-0.1, -0.05) is 25.1 Å². The first kappa shape index (κ1) is 12.0. The summed E-state index contributed by atoms with van der Waals surface area (Å²) in [4.78, 5) is 14.7. The molecule has 2 aromatic rings. The number of aryl methyl sites for hydroxylation is 1. The van der Waals surface area contributed by atoms with Crippen LogP contribution in [0.3, 0.4) is 0 Å². The van der Waals surface area contributed by atoms with Gasteiger partial charge in [0.2, 0.25) is 0 Å². The molecule has 19 heavy (non-hydrogen) atoms.